The number of halogens is 2. The van der Waals surface area contributed by atoms with Gasteiger partial charge in [0.2, 0.25) is 10.0 Å². The predicted octanol–water partition coefficient (Wildman–Crippen LogP) is 2.35. The minimum absolute atomic E-state index is 0.0504. The topological polar surface area (TPSA) is 63.4 Å². The van der Waals surface area contributed by atoms with Crippen LogP contribution >= 0.6 is 23.2 Å². The normalized spacial score (nSPS) is 25.5. The fraction of sp³-hybridized carbons (Fsp3) is 0.500. The van der Waals surface area contributed by atoms with Crippen LogP contribution in [0.25, 0.3) is 0 Å². The van der Waals surface area contributed by atoms with E-state index in [0.29, 0.717) is 29.6 Å². The number of piperidine rings is 1. The van der Waals surface area contributed by atoms with Gasteiger partial charge in [0, 0.05) is 29.2 Å². The van der Waals surface area contributed by atoms with E-state index in [4.69, 9.17) is 28.9 Å². The zero-order valence-corrected chi connectivity index (χ0v) is 12.8. The number of nitrogens with zero attached hydrogens (tertiary/aromatic N) is 1. The molecule has 1 saturated heterocycles. The molecule has 2 N–H and O–H groups in total. The first kappa shape index (κ1) is 15.1. The van der Waals surface area contributed by atoms with Gasteiger partial charge in [-0.25, -0.2) is 8.42 Å². The van der Waals surface area contributed by atoms with E-state index >= 15 is 0 Å². The van der Waals surface area contributed by atoms with E-state index < -0.39 is 10.0 Å². The van der Waals surface area contributed by atoms with E-state index in [1.165, 1.54) is 22.5 Å². The van der Waals surface area contributed by atoms with Gasteiger partial charge in [-0.1, -0.05) is 30.1 Å². The first-order chi connectivity index (χ1) is 8.80. The fourth-order valence-electron chi connectivity index (χ4n) is 2.17. The highest BCUT2D eigenvalue weighted by atomic mass is 35.5. The SMILES string of the molecule is CC1CN(S(=O)(=O)c2cc(Cl)cc(Cl)c2)CCC1N. The Bertz CT molecular complexity index is 557. The van der Waals surface area contributed by atoms with Crippen LogP contribution in [0.3, 0.4) is 0 Å². The van der Waals surface area contributed by atoms with Crippen molar-refractivity contribution in [1.82, 2.24) is 4.31 Å². The van der Waals surface area contributed by atoms with E-state index in [1.54, 1.807) is 0 Å². The second-order valence-electron chi connectivity index (χ2n) is 4.90. The smallest absolute Gasteiger partial charge is 0.243 e. The molecule has 0 bridgehead atoms. The highest BCUT2D eigenvalue weighted by Crippen LogP contribution is 2.27. The Balaban J connectivity index is 2.32. The highest BCUT2D eigenvalue weighted by Gasteiger charge is 2.32. The molecule has 0 amide bonds. The molecule has 0 spiro atoms. The Morgan fingerprint density at radius 3 is 2.37 bits per heavy atom. The van der Waals surface area contributed by atoms with E-state index in [0.717, 1.165) is 0 Å². The van der Waals surface area contributed by atoms with Crippen LogP contribution in [0.1, 0.15) is 13.3 Å². The first-order valence-electron chi connectivity index (χ1n) is 6.02. The Labute approximate surface area is 123 Å². The molecule has 1 aromatic rings. The fourth-order valence-corrected chi connectivity index (χ4v) is 4.45. The number of hydrogen-bond donors (Lipinski definition) is 1. The van der Waals surface area contributed by atoms with Crippen LogP contribution in [0.4, 0.5) is 0 Å². The number of benzene rings is 1. The van der Waals surface area contributed by atoms with Gasteiger partial charge in [-0.05, 0) is 30.5 Å². The molecular formula is C12H16Cl2N2O2S. The van der Waals surface area contributed by atoms with Gasteiger partial charge in [0.25, 0.3) is 0 Å². The van der Waals surface area contributed by atoms with E-state index in [9.17, 15) is 8.42 Å². The molecular weight excluding hydrogens is 307 g/mol. The molecule has 19 heavy (non-hydrogen) atoms. The maximum Gasteiger partial charge on any atom is 0.243 e. The van der Waals surface area contributed by atoms with E-state index in [-0.39, 0.29) is 16.9 Å². The van der Waals surface area contributed by atoms with Crippen molar-refractivity contribution in [3.8, 4) is 0 Å². The van der Waals surface area contributed by atoms with Gasteiger partial charge in [-0.2, -0.15) is 4.31 Å². The molecule has 4 nitrogen and oxygen atoms in total. The van der Waals surface area contributed by atoms with Crippen molar-refractivity contribution in [2.45, 2.75) is 24.3 Å². The summed E-state index contributed by atoms with van der Waals surface area (Å²) in [5, 5.41) is 0.626. The summed E-state index contributed by atoms with van der Waals surface area (Å²) >= 11 is 11.7. The third-order valence-corrected chi connectivity index (χ3v) is 5.69. The lowest BCUT2D eigenvalue weighted by Gasteiger charge is -2.34. The Morgan fingerprint density at radius 1 is 1.26 bits per heavy atom. The van der Waals surface area contributed by atoms with Gasteiger partial charge in [0.1, 0.15) is 0 Å². The standard InChI is InChI=1S/C12H16Cl2N2O2S/c1-8-7-16(3-2-12(8)15)19(17,18)11-5-9(13)4-10(14)6-11/h4-6,8,12H,2-3,7,15H2,1H3. The number of rotatable bonds is 2. The van der Waals surface area contributed by atoms with Crippen molar-refractivity contribution in [2.75, 3.05) is 13.1 Å². The zero-order valence-electron chi connectivity index (χ0n) is 10.5. The van der Waals surface area contributed by atoms with Crippen LogP contribution in [0.2, 0.25) is 10.0 Å². The molecule has 2 unspecified atom stereocenters. The van der Waals surface area contributed by atoms with Gasteiger partial charge in [-0.3, -0.25) is 0 Å². The quantitative estimate of drug-likeness (QED) is 0.909. The van der Waals surface area contributed by atoms with Crippen molar-refractivity contribution in [3.63, 3.8) is 0 Å². The van der Waals surface area contributed by atoms with Crippen LogP contribution in [0.5, 0.6) is 0 Å². The van der Waals surface area contributed by atoms with Crippen LogP contribution < -0.4 is 5.73 Å². The molecule has 0 aliphatic carbocycles. The summed E-state index contributed by atoms with van der Waals surface area (Å²) in [6.07, 6.45) is 0.661. The van der Waals surface area contributed by atoms with Gasteiger partial charge in [-0.15, -0.1) is 0 Å². The summed E-state index contributed by atoms with van der Waals surface area (Å²) in [5.74, 6) is 0.137. The lowest BCUT2D eigenvalue weighted by atomic mass is 9.96. The molecule has 1 aromatic carbocycles. The lowest BCUT2D eigenvalue weighted by molar-refractivity contribution is 0.250. The second-order valence-corrected chi connectivity index (χ2v) is 7.71. The van der Waals surface area contributed by atoms with Gasteiger partial charge in [0.05, 0.1) is 4.90 Å². The Hall–Kier alpha value is -0.330. The minimum Gasteiger partial charge on any atom is -0.327 e. The van der Waals surface area contributed by atoms with Gasteiger partial charge in [0.15, 0.2) is 0 Å². The summed E-state index contributed by atoms with van der Waals surface area (Å²) in [5.41, 5.74) is 5.91. The molecule has 7 heteroatoms. The molecule has 0 aromatic heterocycles. The van der Waals surface area contributed by atoms with Crippen molar-refractivity contribution in [1.29, 1.82) is 0 Å². The molecule has 0 radical (unpaired) electrons. The first-order valence-corrected chi connectivity index (χ1v) is 8.22. The highest BCUT2D eigenvalue weighted by molar-refractivity contribution is 7.89. The van der Waals surface area contributed by atoms with Crippen LogP contribution in [0, 0.1) is 5.92 Å². The molecule has 0 saturated carbocycles. The van der Waals surface area contributed by atoms with E-state index in [1.807, 2.05) is 6.92 Å². The summed E-state index contributed by atoms with van der Waals surface area (Å²) in [6.45, 7) is 2.81. The molecule has 2 atom stereocenters. The Morgan fingerprint density at radius 2 is 1.84 bits per heavy atom. The number of sulfonamides is 1. The maximum atomic E-state index is 12.5. The molecule has 1 aliphatic rings. The van der Waals surface area contributed by atoms with Crippen molar-refractivity contribution in [2.24, 2.45) is 11.7 Å². The third kappa shape index (κ3) is 3.23. The van der Waals surface area contributed by atoms with Crippen LogP contribution in [-0.2, 0) is 10.0 Å². The lowest BCUT2D eigenvalue weighted by Crippen LogP contribution is -2.48. The zero-order chi connectivity index (χ0) is 14.2. The van der Waals surface area contributed by atoms with Crippen molar-refractivity contribution >= 4 is 33.2 Å². The molecule has 2 rings (SSSR count). The monoisotopic (exact) mass is 322 g/mol. The summed E-state index contributed by atoms with van der Waals surface area (Å²) in [6, 6.07) is 4.40. The maximum absolute atomic E-state index is 12.5. The predicted molar refractivity (Wildman–Crippen MR) is 77.0 cm³/mol. The molecule has 1 aliphatic heterocycles. The third-order valence-electron chi connectivity index (χ3n) is 3.41. The minimum atomic E-state index is -3.55. The average molecular weight is 323 g/mol. The van der Waals surface area contributed by atoms with Crippen molar-refractivity contribution < 1.29 is 8.42 Å². The average Bonchev–Trinajstić information content (AvgIpc) is 2.31. The Kier molecular flexibility index (Phi) is 4.42. The van der Waals surface area contributed by atoms with Crippen LogP contribution in [0.15, 0.2) is 23.1 Å². The van der Waals surface area contributed by atoms with E-state index in [2.05, 4.69) is 0 Å². The summed E-state index contributed by atoms with van der Waals surface area (Å²) in [7, 11) is -3.55. The molecule has 106 valence electrons. The summed E-state index contributed by atoms with van der Waals surface area (Å²) in [4.78, 5) is 0.132. The second kappa shape index (κ2) is 5.58. The van der Waals surface area contributed by atoms with Gasteiger partial charge < -0.3 is 5.73 Å². The summed E-state index contributed by atoms with van der Waals surface area (Å²) < 4.78 is 26.5. The number of hydrogen-bond acceptors (Lipinski definition) is 3. The van der Waals surface area contributed by atoms with Crippen molar-refractivity contribution in [3.05, 3.63) is 28.2 Å². The number of nitrogens with two attached hydrogens (primary N) is 1. The van der Waals surface area contributed by atoms with Crippen LogP contribution in [-0.4, -0.2) is 31.9 Å². The molecule has 1 heterocycles. The molecule has 1 fully saturated rings. The largest absolute Gasteiger partial charge is 0.327 e. The van der Waals surface area contributed by atoms with Gasteiger partial charge >= 0.3 is 0 Å².